The maximum atomic E-state index is 4.13. The van der Waals surface area contributed by atoms with Crippen LogP contribution in [0.15, 0.2) is 6.07 Å². The molecule has 10 heavy (non-hydrogen) atoms. The van der Waals surface area contributed by atoms with Crippen molar-refractivity contribution in [1.82, 2.24) is 4.37 Å². The number of rotatable bonds is 1. The van der Waals surface area contributed by atoms with E-state index in [1.165, 1.54) is 4.88 Å². The summed E-state index contributed by atoms with van der Waals surface area (Å²) in [6.07, 6.45) is 1.12. The minimum absolute atomic E-state index is 1.12. The Morgan fingerprint density at radius 3 is 2.30 bits per heavy atom. The third-order valence-electron chi connectivity index (χ3n) is 1.03. The Labute approximate surface area is 67.3 Å². The number of aromatic nitrogens is 1. The average molecular weight is 157 g/mol. The van der Waals surface area contributed by atoms with Gasteiger partial charge in [-0.3, -0.25) is 0 Å². The molecule has 0 aliphatic heterocycles. The quantitative estimate of drug-likeness (QED) is 0.610. The van der Waals surface area contributed by atoms with Gasteiger partial charge in [0.2, 0.25) is 0 Å². The molecule has 0 fully saturated rings. The Balaban J connectivity index is 0.000000371. The van der Waals surface area contributed by atoms with Gasteiger partial charge in [-0.15, -0.1) is 0 Å². The Hall–Kier alpha value is -0.370. The first-order valence-electron chi connectivity index (χ1n) is 3.75. The van der Waals surface area contributed by atoms with Crippen molar-refractivity contribution in [1.29, 1.82) is 0 Å². The van der Waals surface area contributed by atoms with Gasteiger partial charge < -0.3 is 0 Å². The van der Waals surface area contributed by atoms with Gasteiger partial charge in [0.05, 0.1) is 5.69 Å². The van der Waals surface area contributed by atoms with E-state index in [4.69, 9.17) is 0 Å². The second kappa shape index (κ2) is 5.42. The minimum Gasteiger partial charge on any atom is -0.198 e. The van der Waals surface area contributed by atoms with Gasteiger partial charge >= 0.3 is 0 Å². The minimum atomic E-state index is 1.12. The van der Waals surface area contributed by atoms with E-state index < -0.39 is 0 Å². The first-order chi connectivity index (χ1) is 4.83. The van der Waals surface area contributed by atoms with E-state index in [1.807, 2.05) is 20.8 Å². The number of aryl methyl sites for hydroxylation is 2. The van der Waals surface area contributed by atoms with Gasteiger partial charge in [-0.1, -0.05) is 20.8 Å². The van der Waals surface area contributed by atoms with E-state index in [-0.39, 0.29) is 0 Å². The molecule has 58 valence electrons. The Kier molecular flexibility index (Phi) is 5.22. The zero-order valence-electron chi connectivity index (χ0n) is 7.14. The zero-order valence-corrected chi connectivity index (χ0v) is 7.96. The summed E-state index contributed by atoms with van der Waals surface area (Å²) in [4.78, 5) is 1.38. The fraction of sp³-hybridized carbons (Fsp3) is 0.625. The lowest BCUT2D eigenvalue weighted by atomic mass is 10.3. The van der Waals surface area contributed by atoms with Crippen molar-refractivity contribution in [2.75, 3.05) is 0 Å². The molecule has 0 amide bonds. The zero-order chi connectivity index (χ0) is 7.98. The van der Waals surface area contributed by atoms with Crippen LogP contribution in [0.1, 0.15) is 31.3 Å². The van der Waals surface area contributed by atoms with Crippen LogP contribution in [0.3, 0.4) is 0 Å². The van der Waals surface area contributed by atoms with Crippen molar-refractivity contribution in [3.05, 3.63) is 16.6 Å². The van der Waals surface area contributed by atoms with E-state index in [0.29, 0.717) is 0 Å². The first-order valence-corrected chi connectivity index (χ1v) is 4.52. The van der Waals surface area contributed by atoms with Crippen molar-refractivity contribution in [2.24, 2.45) is 0 Å². The summed E-state index contributed by atoms with van der Waals surface area (Å²) in [7, 11) is 0. The predicted molar refractivity (Wildman–Crippen MR) is 47.6 cm³/mol. The highest BCUT2D eigenvalue weighted by molar-refractivity contribution is 7.05. The molecule has 0 aromatic carbocycles. The molecule has 1 rings (SSSR count). The van der Waals surface area contributed by atoms with E-state index >= 15 is 0 Å². The van der Waals surface area contributed by atoms with E-state index in [1.54, 1.807) is 11.5 Å². The van der Waals surface area contributed by atoms with E-state index in [9.17, 15) is 0 Å². The highest BCUT2D eigenvalue weighted by Gasteiger charge is 1.91. The summed E-state index contributed by atoms with van der Waals surface area (Å²) in [5, 5.41) is 0. The summed E-state index contributed by atoms with van der Waals surface area (Å²) < 4.78 is 4.13. The van der Waals surface area contributed by atoms with Crippen molar-refractivity contribution in [3.8, 4) is 0 Å². The van der Waals surface area contributed by atoms with Crippen LogP contribution in [0.25, 0.3) is 0 Å². The Morgan fingerprint density at radius 2 is 2.10 bits per heavy atom. The molecule has 0 aliphatic carbocycles. The lowest BCUT2D eigenvalue weighted by Gasteiger charge is -1.77. The Morgan fingerprint density at radius 1 is 1.50 bits per heavy atom. The fourth-order valence-corrected chi connectivity index (χ4v) is 1.25. The van der Waals surface area contributed by atoms with Gasteiger partial charge in [-0.05, 0) is 30.9 Å². The van der Waals surface area contributed by atoms with Crippen LogP contribution in [0.2, 0.25) is 0 Å². The summed E-state index contributed by atoms with van der Waals surface area (Å²) in [5.74, 6) is 0. The molecule has 0 saturated carbocycles. The molecule has 1 heterocycles. The normalized spacial score (nSPS) is 8.40. The van der Waals surface area contributed by atoms with Gasteiger partial charge in [0.1, 0.15) is 0 Å². The van der Waals surface area contributed by atoms with Gasteiger partial charge in [-0.25, -0.2) is 0 Å². The molecular formula is C8H15NS. The molecule has 0 saturated heterocycles. The predicted octanol–water partition coefficient (Wildman–Crippen LogP) is 3.04. The Bertz CT molecular complexity index is 170. The van der Waals surface area contributed by atoms with Crippen LogP contribution in [0.4, 0.5) is 0 Å². The highest BCUT2D eigenvalue weighted by Crippen LogP contribution is 2.08. The molecule has 1 aromatic rings. The third kappa shape index (κ3) is 2.97. The lowest BCUT2D eigenvalue weighted by Crippen LogP contribution is -1.65. The molecule has 1 aromatic heterocycles. The van der Waals surface area contributed by atoms with Crippen molar-refractivity contribution < 1.29 is 0 Å². The third-order valence-corrected chi connectivity index (χ3v) is 2.05. The summed E-state index contributed by atoms with van der Waals surface area (Å²) in [6, 6.07) is 2.13. The lowest BCUT2D eigenvalue weighted by molar-refractivity contribution is 1.18. The monoisotopic (exact) mass is 157 g/mol. The molecule has 2 heteroatoms. The SMILES string of the molecule is CC.CCc1cc(C)ns1. The molecular weight excluding hydrogens is 142 g/mol. The number of hydrogen-bond donors (Lipinski definition) is 0. The standard InChI is InChI=1S/C6H9NS.C2H6/c1-3-6-4-5(2)7-8-6;1-2/h4H,3H2,1-2H3;1-2H3. The molecule has 0 unspecified atom stereocenters. The first kappa shape index (κ1) is 9.63. The molecule has 0 atom stereocenters. The number of nitrogens with zero attached hydrogens (tertiary/aromatic N) is 1. The fourth-order valence-electron chi connectivity index (χ4n) is 0.583. The van der Waals surface area contributed by atoms with Crippen LogP contribution in [-0.4, -0.2) is 4.37 Å². The topological polar surface area (TPSA) is 12.9 Å². The number of hydrogen-bond acceptors (Lipinski definition) is 2. The molecule has 0 radical (unpaired) electrons. The van der Waals surface area contributed by atoms with Crippen LogP contribution in [-0.2, 0) is 6.42 Å². The molecule has 0 bridgehead atoms. The average Bonchev–Trinajstić information content (AvgIpc) is 2.40. The van der Waals surface area contributed by atoms with Gasteiger partial charge in [0.25, 0.3) is 0 Å². The second-order valence-corrected chi connectivity index (χ2v) is 2.68. The van der Waals surface area contributed by atoms with Gasteiger partial charge in [0, 0.05) is 4.88 Å². The highest BCUT2D eigenvalue weighted by atomic mass is 32.1. The molecule has 0 aliphatic rings. The largest absolute Gasteiger partial charge is 0.198 e. The van der Waals surface area contributed by atoms with Crippen molar-refractivity contribution in [2.45, 2.75) is 34.1 Å². The van der Waals surface area contributed by atoms with E-state index in [2.05, 4.69) is 17.4 Å². The smallest absolute Gasteiger partial charge is 0.0514 e. The second-order valence-electron chi connectivity index (χ2n) is 1.79. The molecule has 0 N–H and O–H groups in total. The molecule has 1 nitrogen and oxygen atoms in total. The van der Waals surface area contributed by atoms with Crippen molar-refractivity contribution >= 4 is 11.5 Å². The van der Waals surface area contributed by atoms with E-state index in [0.717, 1.165) is 12.1 Å². The summed E-state index contributed by atoms with van der Waals surface area (Å²) in [5.41, 5.74) is 1.15. The van der Waals surface area contributed by atoms with Crippen LogP contribution >= 0.6 is 11.5 Å². The summed E-state index contributed by atoms with van der Waals surface area (Å²) >= 11 is 1.60. The maximum Gasteiger partial charge on any atom is 0.0514 e. The molecule has 0 spiro atoms. The van der Waals surface area contributed by atoms with Crippen LogP contribution in [0, 0.1) is 6.92 Å². The van der Waals surface area contributed by atoms with Crippen LogP contribution in [0.5, 0.6) is 0 Å². The van der Waals surface area contributed by atoms with Crippen LogP contribution < -0.4 is 0 Å². The van der Waals surface area contributed by atoms with Gasteiger partial charge in [-0.2, -0.15) is 4.37 Å². The van der Waals surface area contributed by atoms with Gasteiger partial charge in [0.15, 0.2) is 0 Å². The maximum absolute atomic E-state index is 4.13. The van der Waals surface area contributed by atoms with Crippen molar-refractivity contribution in [3.63, 3.8) is 0 Å². The summed E-state index contributed by atoms with van der Waals surface area (Å²) in [6.45, 7) is 8.17.